The molecule has 5 nitrogen and oxygen atoms in total. The third kappa shape index (κ3) is 6.89. The highest BCUT2D eigenvalue weighted by atomic mass is 16.1. The van der Waals surface area contributed by atoms with Gasteiger partial charge in [0.05, 0.1) is 0 Å². The maximum atomic E-state index is 12.3. The van der Waals surface area contributed by atoms with Crippen LogP contribution in [0.4, 0.5) is 0 Å². The molecule has 1 aromatic carbocycles. The zero-order valence-electron chi connectivity index (χ0n) is 17.5. The third-order valence-corrected chi connectivity index (χ3v) is 5.26. The van der Waals surface area contributed by atoms with Crippen LogP contribution in [0, 0.1) is 12.8 Å². The number of nitrogens with zero attached hydrogens (tertiary/aromatic N) is 1. The van der Waals surface area contributed by atoms with Gasteiger partial charge in [-0.2, -0.15) is 0 Å². The molecule has 0 aliphatic heterocycles. The number of rotatable bonds is 6. The average molecular weight is 373 g/mol. The fourth-order valence-corrected chi connectivity index (χ4v) is 3.61. The fraction of sp³-hybridized carbons (Fsp3) is 0.636. The number of benzene rings is 1. The van der Waals surface area contributed by atoms with Gasteiger partial charge in [-0.05, 0) is 51.5 Å². The molecule has 3 atom stereocenters. The second-order valence-electron chi connectivity index (χ2n) is 8.13. The molecular formula is C22H36N4O. The molecule has 1 saturated carbocycles. The quantitative estimate of drug-likeness (QED) is 0.530. The second-order valence-corrected chi connectivity index (χ2v) is 8.13. The van der Waals surface area contributed by atoms with Gasteiger partial charge in [-0.1, -0.05) is 43.2 Å². The molecule has 5 heteroatoms. The smallest absolute Gasteiger partial charge is 0.223 e. The van der Waals surface area contributed by atoms with Crippen molar-refractivity contribution in [3.8, 4) is 0 Å². The van der Waals surface area contributed by atoms with E-state index in [0.29, 0.717) is 12.0 Å². The summed E-state index contributed by atoms with van der Waals surface area (Å²) >= 11 is 0. The maximum Gasteiger partial charge on any atom is 0.223 e. The zero-order chi connectivity index (χ0) is 19.8. The van der Waals surface area contributed by atoms with Gasteiger partial charge in [-0.15, -0.1) is 0 Å². The van der Waals surface area contributed by atoms with E-state index in [9.17, 15) is 4.79 Å². The van der Waals surface area contributed by atoms with E-state index in [1.165, 1.54) is 11.1 Å². The van der Waals surface area contributed by atoms with E-state index >= 15 is 0 Å². The van der Waals surface area contributed by atoms with Crippen molar-refractivity contribution in [3.05, 3.63) is 35.4 Å². The lowest BCUT2D eigenvalue weighted by molar-refractivity contribution is -0.126. The number of guanidine groups is 1. The molecule has 0 heterocycles. The van der Waals surface area contributed by atoms with Crippen LogP contribution >= 0.6 is 0 Å². The number of nitrogens with one attached hydrogen (secondary N) is 3. The largest absolute Gasteiger partial charge is 0.356 e. The van der Waals surface area contributed by atoms with Crippen molar-refractivity contribution in [2.24, 2.45) is 10.9 Å². The number of aryl methyl sites for hydroxylation is 1. The molecule has 0 spiro atoms. The molecule has 0 bridgehead atoms. The predicted molar refractivity (Wildman–Crippen MR) is 113 cm³/mol. The van der Waals surface area contributed by atoms with Crippen molar-refractivity contribution in [2.75, 3.05) is 13.6 Å². The number of amides is 1. The van der Waals surface area contributed by atoms with Crippen LogP contribution in [0.25, 0.3) is 0 Å². The number of carbonyl (C=O) groups is 1. The molecule has 1 aliphatic rings. The van der Waals surface area contributed by atoms with Crippen LogP contribution in [0.5, 0.6) is 0 Å². The fourth-order valence-electron chi connectivity index (χ4n) is 3.61. The predicted octanol–water partition coefficient (Wildman–Crippen LogP) is 3.35. The minimum absolute atomic E-state index is 0.100. The van der Waals surface area contributed by atoms with Crippen molar-refractivity contribution >= 4 is 11.9 Å². The molecule has 0 aromatic heterocycles. The van der Waals surface area contributed by atoms with Crippen LogP contribution in [0.15, 0.2) is 29.3 Å². The van der Waals surface area contributed by atoms with Gasteiger partial charge in [0.2, 0.25) is 5.91 Å². The van der Waals surface area contributed by atoms with Gasteiger partial charge in [0.25, 0.3) is 0 Å². The summed E-state index contributed by atoms with van der Waals surface area (Å²) in [6.07, 6.45) is 4.00. The first-order valence-electron chi connectivity index (χ1n) is 10.2. The molecule has 1 aliphatic carbocycles. The summed E-state index contributed by atoms with van der Waals surface area (Å²) in [4.78, 5) is 16.7. The van der Waals surface area contributed by atoms with Crippen molar-refractivity contribution in [1.29, 1.82) is 0 Å². The number of carbonyl (C=O) groups excluding carboxylic acids is 1. The monoisotopic (exact) mass is 372 g/mol. The Labute approximate surface area is 164 Å². The first-order valence-corrected chi connectivity index (χ1v) is 10.2. The van der Waals surface area contributed by atoms with Crippen LogP contribution in [0.3, 0.4) is 0 Å². The molecular weight excluding hydrogens is 336 g/mol. The lowest BCUT2D eigenvalue weighted by Crippen LogP contribution is -2.48. The summed E-state index contributed by atoms with van der Waals surface area (Å²) in [5, 5.41) is 10.0. The molecule has 0 radical (unpaired) electrons. The molecule has 3 unspecified atom stereocenters. The summed E-state index contributed by atoms with van der Waals surface area (Å²) in [5.74, 6) is 1.51. The van der Waals surface area contributed by atoms with Gasteiger partial charge in [0.1, 0.15) is 0 Å². The maximum absolute atomic E-state index is 12.3. The molecule has 1 amide bonds. The molecule has 3 N–H and O–H groups in total. The lowest BCUT2D eigenvalue weighted by Gasteiger charge is -2.30. The molecule has 2 rings (SSSR count). The van der Waals surface area contributed by atoms with Gasteiger partial charge in [0.15, 0.2) is 5.96 Å². The van der Waals surface area contributed by atoms with E-state index in [1.807, 2.05) is 13.8 Å². The molecule has 1 fully saturated rings. The molecule has 0 saturated heterocycles. The third-order valence-electron chi connectivity index (χ3n) is 5.26. The van der Waals surface area contributed by atoms with Crippen LogP contribution in [0.1, 0.15) is 63.5 Å². The van der Waals surface area contributed by atoms with E-state index in [2.05, 4.69) is 59.1 Å². The van der Waals surface area contributed by atoms with Crippen LogP contribution in [-0.2, 0) is 4.79 Å². The highest BCUT2D eigenvalue weighted by Gasteiger charge is 2.28. The second kappa shape index (κ2) is 10.3. The van der Waals surface area contributed by atoms with E-state index in [1.54, 1.807) is 7.05 Å². The average Bonchev–Trinajstić information content (AvgIpc) is 2.65. The summed E-state index contributed by atoms with van der Waals surface area (Å²) < 4.78 is 0. The van der Waals surface area contributed by atoms with Gasteiger partial charge < -0.3 is 16.0 Å². The summed E-state index contributed by atoms with van der Waals surface area (Å²) in [6, 6.07) is 9.19. The normalized spacial score (nSPS) is 21.6. The van der Waals surface area contributed by atoms with E-state index in [0.717, 1.165) is 38.2 Å². The van der Waals surface area contributed by atoms with Crippen LogP contribution in [0.2, 0.25) is 0 Å². The van der Waals surface area contributed by atoms with Gasteiger partial charge >= 0.3 is 0 Å². The number of aliphatic imine (C=N–C) groups is 1. The Morgan fingerprint density at radius 2 is 1.89 bits per heavy atom. The zero-order valence-corrected chi connectivity index (χ0v) is 17.5. The SMILES string of the molecule is CN=C(NCC(C)c1ccc(C)cc1)NC1CCCC(C(=O)NC(C)C)C1. The van der Waals surface area contributed by atoms with Crippen LogP contribution in [-0.4, -0.2) is 37.5 Å². The topological polar surface area (TPSA) is 65.5 Å². The van der Waals surface area contributed by atoms with Crippen molar-refractivity contribution in [3.63, 3.8) is 0 Å². The Hall–Kier alpha value is -2.04. The summed E-state index contributed by atoms with van der Waals surface area (Å²) in [6.45, 7) is 9.18. The van der Waals surface area contributed by atoms with Crippen LogP contribution < -0.4 is 16.0 Å². The van der Waals surface area contributed by atoms with Gasteiger partial charge in [0, 0.05) is 31.6 Å². The number of hydrogen-bond donors (Lipinski definition) is 3. The minimum atomic E-state index is 0.100. The Bertz CT molecular complexity index is 624. The molecule has 27 heavy (non-hydrogen) atoms. The van der Waals surface area contributed by atoms with E-state index < -0.39 is 0 Å². The van der Waals surface area contributed by atoms with Gasteiger partial charge in [-0.3, -0.25) is 9.79 Å². The first-order chi connectivity index (χ1) is 12.9. The Balaban J connectivity index is 1.83. The minimum Gasteiger partial charge on any atom is -0.356 e. The Morgan fingerprint density at radius 3 is 2.52 bits per heavy atom. The lowest BCUT2D eigenvalue weighted by atomic mass is 9.85. The van der Waals surface area contributed by atoms with Gasteiger partial charge in [-0.25, -0.2) is 0 Å². The van der Waals surface area contributed by atoms with Crippen molar-refractivity contribution < 1.29 is 4.79 Å². The summed E-state index contributed by atoms with van der Waals surface area (Å²) in [5.41, 5.74) is 2.61. The first kappa shape index (κ1) is 21.3. The number of hydrogen-bond acceptors (Lipinski definition) is 2. The molecule has 150 valence electrons. The Morgan fingerprint density at radius 1 is 1.19 bits per heavy atom. The van der Waals surface area contributed by atoms with E-state index in [4.69, 9.17) is 0 Å². The van der Waals surface area contributed by atoms with Crippen molar-refractivity contribution in [2.45, 2.75) is 71.4 Å². The highest BCUT2D eigenvalue weighted by molar-refractivity contribution is 5.81. The summed E-state index contributed by atoms with van der Waals surface area (Å²) in [7, 11) is 1.80. The van der Waals surface area contributed by atoms with E-state index in [-0.39, 0.29) is 17.9 Å². The molecule has 1 aromatic rings. The highest BCUT2D eigenvalue weighted by Crippen LogP contribution is 2.24. The Kier molecular flexibility index (Phi) is 8.14. The standard InChI is InChI=1S/C22H36N4O/c1-15(2)25-21(27)19-7-6-8-20(13-19)26-22(23-5)24-14-17(4)18-11-9-16(3)10-12-18/h9-12,15,17,19-20H,6-8,13-14H2,1-5H3,(H,25,27)(H2,23,24,26). The van der Waals surface area contributed by atoms with Crippen molar-refractivity contribution in [1.82, 2.24) is 16.0 Å².